The van der Waals surface area contributed by atoms with Crippen LogP contribution in [0.3, 0.4) is 0 Å². The summed E-state index contributed by atoms with van der Waals surface area (Å²) in [6.07, 6.45) is 0.634. The highest BCUT2D eigenvalue weighted by atomic mass is 32.2. The van der Waals surface area contributed by atoms with Crippen molar-refractivity contribution in [1.29, 1.82) is 0 Å². The Morgan fingerprint density at radius 3 is 1.57 bits per heavy atom. The molecule has 0 saturated heterocycles. The number of hydrogen-bond donors (Lipinski definition) is 0. The van der Waals surface area contributed by atoms with Gasteiger partial charge in [-0.1, -0.05) is 4.21 Å². The van der Waals surface area contributed by atoms with Gasteiger partial charge in [0.25, 0.3) is 0 Å². The van der Waals surface area contributed by atoms with Crippen LogP contribution in [-0.4, -0.2) is 11.8 Å². The second kappa shape index (κ2) is 1.81. The van der Waals surface area contributed by atoms with Crippen LogP contribution in [0.25, 0.3) is 0 Å². The van der Waals surface area contributed by atoms with Gasteiger partial charge in [-0.25, -0.2) is 0 Å². The monoisotopic (exact) mass is 133 g/mol. The van der Waals surface area contributed by atoms with Gasteiger partial charge in [-0.3, -0.25) is 0 Å². The minimum absolute atomic E-state index is 0.634. The van der Waals surface area contributed by atoms with Gasteiger partial charge >= 0.3 is 5.51 Å². The summed E-state index contributed by atoms with van der Waals surface area (Å²) in [7, 11) is -2.99. The van der Waals surface area contributed by atoms with Crippen LogP contribution in [-0.2, 0) is 15.0 Å². The molecule has 0 heterocycles. The first-order chi connectivity index (χ1) is 2.94. The lowest BCUT2D eigenvalue weighted by atomic mass is 11.6. The van der Waals surface area contributed by atoms with Crippen molar-refractivity contribution in [1.82, 2.24) is 0 Å². The lowest BCUT2D eigenvalue weighted by molar-refractivity contribution is -0.0384. The summed E-state index contributed by atoms with van der Waals surface area (Å²) < 4.78 is 42.2. The van der Waals surface area contributed by atoms with Gasteiger partial charge in [-0.15, -0.1) is 13.2 Å². The van der Waals surface area contributed by atoms with E-state index >= 15 is 0 Å². The smallest absolute Gasteiger partial charge is 0.123 e. The molecule has 0 aromatic carbocycles. The van der Waals surface area contributed by atoms with E-state index in [9.17, 15) is 17.4 Å². The number of hydrogen-bond acceptors (Lipinski definition) is 1. The Hall–Kier alpha value is -0.0600. The molecule has 1 unspecified atom stereocenters. The summed E-state index contributed by atoms with van der Waals surface area (Å²) in [6.45, 7) is 0. The maximum absolute atomic E-state index is 10.9. The summed E-state index contributed by atoms with van der Waals surface area (Å²) in [6, 6.07) is 0. The van der Waals surface area contributed by atoms with Gasteiger partial charge in [0.1, 0.15) is 6.26 Å². The molecule has 0 spiro atoms. The highest BCUT2D eigenvalue weighted by molar-refractivity contribution is 7.85. The summed E-state index contributed by atoms with van der Waals surface area (Å²) in [5.41, 5.74) is -4.49. The number of rotatable bonds is 0. The molecule has 1 nitrogen and oxygen atoms in total. The summed E-state index contributed by atoms with van der Waals surface area (Å²) in [5.74, 6) is 0. The van der Waals surface area contributed by atoms with Crippen molar-refractivity contribution in [3.8, 4) is 0 Å². The van der Waals surface area contributed by atoms with Crippen molar-refractivity contribution in [2.45, 2.75) is 5.51 Å². The molecule has 0 N–H and O–H groups in total. The van der Waals surface area contributed by atoms with Crippen molar-refractivity contribution < 1.29 is 17.4 Å². The van der Waals surface area contributed by atoms with Gasteiger partial charge in [0.2, 0.25) is 0 Å². The molecule has 5 heteroatoms. The zero-order valence-electron chi connectivity index (χ0n) is 3.49. The fourth-order valence-electron chi connectivity index (χ4n) is 0. The Labute approximate surface area is 41.0 Å². The maximum atomic E-state index is 10.9. The lowest BCUT2D eigenvalue weighted by Gasteiger charge is -1.89. The third kappa shape index (κ3) is 2.61. The number of halogens is 3. The van der Waals surface area contributed by atoms with Gasteiger partial charge in [-0.2, -0.15) is 0 Å². The fraction of sp³-hybridized carbons (Fsp3) is 1.00. The van der Waals surface area contributed by atoms with Crippen LogP contribution in [0.2, 0.25) is 0 Å². The Balaban J connectivity index is 3.79. The molecule has 0 aliphatic heterocycles. The highest BCUT2D eigenvalue weighted by Crippen LogP contribution is 2.17. The summed E-state index contributed by atoms with van der Waals surface area (Å²) in [5, 5.41) is 0. The molecule has 0 rings (SSSR count). The van der Waals surface area contributed by atoms with E-state index in [2.05, 4.69) is 0 Å². The molecule has 0 bridgehead atoms. The van der Waals surface area contributed by atoms with Gasteiger partial charge < -0.3 is 0 Å². The first-order valence-corrected chi connectivity index (χ1v) is 3.13. The Bertz CT molecular complexity index is 85.4. The topological polar surface area (TPSA) is 17.1 Å². The quantitative estimate of drug-likeness (QED) is 0.353. The summed E-state index contributed by atoms with van der Waals surface area (Å²) >= 11 is 0. The van der Waals surface area contributed by atoms with Crippen LogP contribution < -0.4 is 0 Å². The van der Waals surface area contributed by atoms with Crippen LogP contribution in [0.5, 0.6) is 0 Å². The van der Waals surface area contributed by atoms with Gasteiger partial charge in [0.15, 0.2) is 10.8 Å². The zero-order valence-corrected chi connectivity index (χ0v) is 4.38. The Morgan fingerprint density at radius 2 is 1.57 bits per heavy atom. The first-order valence-electron chi connectivity index (χ1n) is 1.42. The molecule has 0 aromatic heterocycles. The van der Waals surface area contributed by atoms with E-state index in [1.165, 1.54) is 0 Å². The third-order valence-electron chi connectivity index (χ3n) is 0.357. The van der Waals surface area contributed by atoms with Gasteiger partial charge in [-0.05, 0) is 0 Å². The van der Waals surface area contributed by atoms with Crippen LogP contribution >= 0.6 is 0 Å². The minimum Gasteiger partial charge on any atom is -0.123 e. The van der Waals surface area contributed by atoms with Crippen molar-refractivity contribution in [2.24, 2.45) is 0 Å². The van der Waals surface area contributed by atoms with Gasteiger partial charge in [0.05, 0.1) is 0 Å². The number of thiol groups is 1. The molecule has 1 atom stereocenters. The molecule has 0 saturated carbocycles. The standard InChI is InChI=1S/C2H3F3OS/c1-7(6)2(3,4)5/h1H3/p+1. The third-order valence-corrected chi connectivity index (χ3v) is 1.07. The molecule has 0 aliphatic carbocycles. The molecule has 0 aliphatic rings. The SMILES string of the molecule is C[SH+](=O)C(F)(F)F. The number of alkyl halides is 3. The normalized spacial score (nSPS) is 16.6. The van der Waals surface area contributed by atoms with E-state index in [4.69, 9.17) is 0 Å². The average molecular weight is 133 g/mol. The van der Waals surface area contributed by atoms with Crippen LogP contribution in [0.15, 0.2) is 0 Å². The highest BCUT2D eigenvalue weighted by Gasteiger charge is 2.40. The maximum Gasteiger partial charge on any atom is 0.575 e. The van der Waals surface area contributed by atoms with Crippen molar-refractivity contribution in [2.75, 3.05) is 6.26 Å². The minimum atomic E-state index is -4.49. The van der Waals surface area contributed by atoms with Crippen LogP contribution in [0, 0.1) is 0 Å². The zero-order chi connectivity index (χ0) is 6.08. The van der Waals surface area contributed by atoms with Crippen molar-refractivity contribution >= 4 is 10.8 Å². The molecule has 7 heavy (non-hydrogen) atoms. The molecule has 44 valence electrons. The predicted octanol–water partition coefficient (Wildman–Crippen LogP) is 0.832. The van der Waals surface area contributed by atoms with Crippen molar-refractivity contribution in [3.05, 3.63) is 0 Å². The molecule has 0 aromatic rings. The Kier molecular flexibility index (Phi) is 1.80. The Morgan fingerprint density at radius 1 is 1.43 bits per heavy atom. The largest absolute Gasteiger partial charge is 0.575 e. The predicted molar refractivity (Wildman–Crippen MR) is 21.4 cm³/mol. The second-order valence-corrected chi connectivity index (χ2v) is 2.47. The average Bonchev–Trinajstić information content (AvgIpc) is 1.31. The molecule has 0 fully saturated rings. The van der Waals surface area contributed by atoms with Crippen molar-refractivity contribution in [3.63, 3.8) is 0 Å². The molecular weight excluding hydrogens is 129 g/mol. The van der Waals surface area contributed by atoms with Gasteiger partial charge in [0, 0.05) is 0 Å². The summed E-state index contributed by atoms with van der Waals surface area (Å²) in [4.78, 5) is 0. The van der Waals surface area contributed by atoms with E-state index in [-0.39, 0.29) is 0 Å². The molecular formula is C2H4F3OS+. The van der Waals surface area contributed by atoms with E-state index < -0.39 is 16.3 Å². The fourth-order valence-corrected chi connectivity index (χ4v) is 0. The van der Waals surface area contributed by atoms with E-state index in [1.54, 1.807) is 0 Å². The molecule has 0 amide bonds. The van der Waals surface area contributed by atoms with E-state index in [0.29, 0.717) is 6.26 Å². The van der Waals surface area contributed by atoms with Crippen LogP contribution in [0.4, 0.5) is 13.2 Å². The molecule has 0 radical (unpaired) electrons. The second-order valence-electron chi connectivity index (χ2n) is 0.965. The van der Waals surface area contributed by atoms with Crippen LogP contribution in [0.1, 0.15) is 0 Å². The lowest BCUT2D eigenvalue weighted by Crippen LogP contribution is -2.12. The van der Waals surface area contributed by atoms with E-state index in [1.807, 2.05) is 0 Å². The first kappa shape index (κ1) is 6.94. The van der Waals surface area contributed by atoms with E-state index in [0.717, 1.165) is 0 Å².